The highest BCUT2D eigenvalue weighted by Gasteiger charge is 2.26. The number of hydrogen-bond donors (Lipinski definition) is 2. The lowest BCUT2D eigenvalue weighted by atomic mass is 10.0. The molecule has 170 valence electrons. The molecule has 1 fully saturated rings. The molecule has 0 aromatic heterocycles. The summed E-state index contributed by atoms with van der Waals surface area (Å²) < 4.78 is 16.4. The maximum absolute atomic E-state index is 12.4. The molecule has 0 radical (unpaired) electrons. The van der Waals surface area contributed by atoms with E-state index in [9.17, 15) is 9.59 Å². The van der Waals surface area contributed by atoms with Crippen LogP contribution in [0, 0.1) is 0 Å². The van der Waals surface area contributed by atoms with E-state index in [0.717, 1.165) is 24.2 Å². The van der Waals surface area contributed by atoms with E-state index in [1.54, 1.807) is 12.1 Å². The van der Waals surface area contributed by atoms with Crippen LogP contribution in [0.3, 0.4) is 0 Å². The van der Waals surface area contributed by atoms with Gasteiger partial charge in [-0.15, -0.1) is 0 Å². The normalized spacial score (nSPS) is 16.4. The Balaban J connectivity index is 1.33. The fourth-order valence-corrected chi connectivity index (χ4v) is 3.91. The molecule has 0 bridgehead atoms. The molecule has 0 aliphatic carbocycles. The summed E-state index contributed by atoms with van der Waals surface area (Å²) in [6.07, 6.45) is 0.615. The number of benzene rings is 2. The number of morpholine rings is 1. The van der Waals surface area contributed by atoms with Crippen LogP contribution < -0.4 is 20.1 Å². The van der Waals surface area contributed by atoms with Crippen LogP contribution in [0.2, 0.25) is 5.02 Å². The third-order valence-electron chi connectivity index (χ3n) is 5.54. The van der Waals surface area contributed by atoms with E-state index in [-0.39, 0.29) is 12.8 Å². The van der Waals surface area contributed by atoms with E-state index in [4.69, 9.17) is 25.8 Å². The van der Waals surface area contributed by atoms with Crippen molar-refractivity contribution >= 4 is 23.4 Å². The summed E-state index contributed by atoms with van der Waals surface area (Å²) in [4.78, 5) is 26.9. The van der Waals surface area contributed by atoms with E-state index < -0.39 is 11.8 Å². The average molecular weight is 460 g/mol. The standard InChI is InChI=1S/C23H26ClN3O5/c24-18-4-1-16(2-5-18)7-8-25-22(28)23(29)26-14-19(27-9-11-30-12-10-27)17-3-6-20-21(13-17)32-15-31-20/h1-6,13,19H,7-12,14-15H2,(H,25,28)(H,26,29)/t19-/m1/s1. The average Bonchev–Trinajstić information content (AvgIpc) is 3.29. The number of carbonyl (C=O) groups excluding carboxylic acids is 2. The third-order valence-corrected chi connectivity index (χ3v) is 5.79. The summed E-state index contributed by atoms with van der Waals surface area (Å²) in [5.41, 5.74) is 2.02. The minimum Gasteiger partial charge on any atom is -0.454 e. The number of nitrogens with zero attached hydrogens (tertiary/aromatic N) is 1. The molecule has 0 saturated carbocycles. The van der Waals surface area contributed by atoms with Gasteiger partial charge in [0.05, 0.1) is 19.3 Å². The lowest BCUT2D eigenvalue weighted by molar-refractivity contribution is -0.139. The van der Waals surface area contributed by atoms with Gasteiger partial charge in [-0.1, -0.05) is 29.8 Å². The Hall–Kier alpha value is -2.81. The molecule has 2 amide bonds. The van der Waals surface area contributed by atoms with Gasteiger partial charge in [0.15, 0.2) is 11.5 Å². The molecule has 2 N–H and O–H groups in total. The van der Waals surface area contributed by atoms with Gasteiger partial charge in [0.25, 0.3) is 0 Å². The van der Waals surface area contributed by atoms with Crippen LogP contribution in [0.15, 0.2) is 42.5 Å². The fourth-order valence-electron chi connectivity index (χ4n) is 3.79. The molecule has 1 saturated heterocycles. The van der Waals surface area contributed by atoms with Crippen molar-refractivity contribution < 1.29 is 23.8 Å². The number of carbonyl (C=O) groups is 2. The van der Waals surface area contributed by atoms with Gasteiger partial charge >= 0.3 is 11.8 Å². The van der Waals surface area contributed by atoms with Gasteiger partial charge in [0.1, 0.15) is 0 Å². The van der Waals surface area contributed by atoms with Gasteiger partial charge in [0.2, 0.25) is 6.79 Å². The highest BCUT2D eigenvalue weighted by molar-refractivity contribution is 6.35. The molecule has 0 spiro atoms. The topological polar surface area (TPSA) is 89.1 Å². The van der Waals surface area contributed by atoms with Crippen molar-refractivity contribution in [3.63, 3.8) is 0 Å². The fraction of sp³-hybridized carbons (Fsp3) is 0.391. The third kappa shape index (κ3) is 5.70. The van der Waals surface area contributed by atoms with Gasteiger partial charge in [-0.2, -0.15) is 0 Å². The lowest BCUT2D eigenvalue weighted by Crippen LogP contribution is -2.47. The summed E-state index contributed by atoms with van der Waals surface area (Å²) in [5.74, 6) is 0.0936. The maximum atomic E-state index is 12.4. The molecule has 2 aliphatic heterocycles. The first kappa shape index (κ1) is 22.4. The van der Waals surface area contributed by atoms with Gasteiger partial charge in [-0.3, -0.25) is 14.5 Å². The van der Waals surface area contributed by atoms with Gasteiger partial charge in [0, 0.05) is 31.2 Å². The predicted octanol–water partition coefficient (Wildman–Crippen LogP) is 1.92. The van der Waals surface area contributed by atoms with Crippen molar-refractivity contribution in [2.24, 2.45) is 0 Å². The zero-order chi connectivity index (χ0) is 22.3. The predicted molar refractivity (Wildman–Crippen MR) is 119 cm³/mol. The second-order valence-corrected chi connectivity index (χ2v) is 8.06. The van der Waals surface area contributed by atoms with Crippen LogP contribution in [-0.2, 0) is 20.7 Å². The summed E-state index contributed by atoms with van der Waals surface area (Å²) in [6, 6.07) is 13.0. The van der Waals surface area contributed by atoms with Crippen molar-refractivity contribution in [2.75, 3.05) is 46.2 Å². The van der Waals surface area contributed by atoms with Crippen molar-refractivity contribution in [1.82, 2.24) is 15.5 Å². The van der Waals surface area contributed by atoms with Gasteiger partial charge in [-0.25, -0.2) is 0 Å². The smallest absolute Gasteiger partial charge is 0.309 e. The van der Waals surface area contributed by atoms with Crippen molar-refractivity contribution in [2.45, 2.75) is 12.5 Å². The highest BCUT2D eigenvalue weighted by Crippen LogP contribution is 2.35. The molecule has 2 aromatic carbocycles. The molecule has 8 nitrogen and oxygen atoms in total. The van der Waals surface area contributed by atoms with E-state index >= 15 is 0 Å². The Morgan fingerprint density at radius 2 is 1.69 bits per heavy atom. The van der Waals surface area contributed by atoms with Gasteiger partial charge in [-0.05, 0) is 41.8 Å². The number of nitrogens with one attached hydrogen (secondary N) is 2. The Bertz CT molecular complexity index is 947. The number of rotatable bonds is 7. The lowest BCUT2D eigenvalue weighted by Gasteiger charge is -2.34. The van der Waals surface area contributed by atoms with Crippen molar-refractivity contribution in [1.29, 1.82) is 0 Å². The first-order chi connectivity index (χ1) is 15.6. The Labute approximate surface area is 191 Å². The quantitative estimate of drug-likeness (QED) is 0.615. The van der Waals surface area contributed by atoms with Crippen LogP contribution in [0.4, 0.5) is 0 Å². The van der Waals surface area contributed by atoms with E-state index in [1.165, 1.54) is 0 Å². The highest BCUT2D eigenvalue weighted by atomic mass is 35.5. The molecule has 0 unspecified atom stereocenters. The largest absolute Gasteiger partial charge is 0.454 e. The number of ether oxygens (including phenoxy) is 3. The number of hydrogen-bond acceptors (Lipinski definition) is 6. The summed E-state index contributed by atoms with van der Waals surface area (Å²) in [5, 5.41) is 6.11. The Morgan fingerprint density at radius 3 is 2.47 bits per heavy atom. The molecular formula is C23H26ClN3O5. The molecule has 2 aromatic rings. The zero-order valence-electron chi connectivity index (χ0n) is 17.6. The maximum Gasteiger partial charge on any atom is 0.309 e. The summed E-state index contributed by atoms with van der Waals surface area (Å²) in [7, 11) is 0. The summed E-state index contributed by atoms with van der Waals surface area (Å²) in [6.45, 7) is 3.59. The number of fused-ring (bicyclic) bond motifs is 1. The zero-order valence-corrected chi connectivity index (χ0v) is 18.4. The minimum atomic E-state index is -0.653. The first-order valence-electron chi connectivity index (χ1n) is 10.6. The molecule has 4 rings (SSSR count). The van der Waals surface area contributed by atoms with Crippen LogP contribution in [0.25, 0.3) is 0 Å². The van der Waals surface area contributed by atoms with E-state index in [2.05, 4.69) is 15.5 Å². The molecule has 1 atom stereocenters. The van der Waals surface area contributed by atoms with Crippen LogP contribution in [0.5, 0.6) is 11.5 Å². The van der Waals surface area contributed by atoms with Crippen molar-refractivity contribution in [3.8, 4) is 11.5 Å². The molecule has 2 heterocycles. The Kier molecular flexibility index (Phi) is 7.47. The second kappa shape index (κ2) is 10.7. The SMILES string of the molecule is O=C(NCCc1ccc(Cl)cc1)C(=O)NC[C@H](c1ccc2c(c1)OCO2)N1CCOCC1. The molecule has 2 aliphatic rings. The molecular weight excluding hydrogens is 434 g/mol. The minimum absolute atomic E-state index is 0.112. The molecule has 32 heavy (non-hydrogen) atoms. The Morgan fingerprint density at radius 1 is 0.969 bits per heavy atom. The number of amides is 2. The summed E-state index contributed by atoms with van der Waals surface area (Å²) >= 11 is 5.88. The first-order valence-corrected chi connectivity index (χ1v) is 11.0. The van der Waals surface area contributed by atoms with Crippen LogP contribution >= 0.6 is 11.6 Å². The van der Waals surface area contributed by atoms with E-state index in [0.29, 0.717) is 49.2 Å². The monoisotopic (exact) mass is 459 g/mol. The van der Waals surface area contributed by atoms with Crippen molar-refractivity contribution in [3.05, 3.63) is 58.6 Å². The molecule has 9 heteroatoms. The van der Waals surface area contributed by atoms with Crippen LogP contribution in [-0.4, -0.2) is 62.9 Å². The van der Waals surface area contributed by atoms with E-state index in [1.807, 2.05) is 30.3 Å². The van der Waals surface area contributed by atoms with Crippen LogP contribution in [0.1, 0.15) is 17.2 Å². The second-order valence-electron chi connectivity index (χ2n) is 7.62. The van der Waals surface area contributed by atoms with Gasteiger partial charge < -0.3 is 24.8 Å². The number of halogens is 1.